The van der Waals surface area contributed by atoms with E-state index in [1.54, 1.807) is 7.11 Å². The summed E-state index contributed by atoms with van der Waals surface area (Å²) < 4.78 is 5.31. The first-order chi connectivity index (χ1) is 9.61. The number of aryl methyl sites for hydroxylation is 2. The van der Waals surface area contributed by atoms with Gasteiger partial charge in [0.1, 0.15) is 5.75 Å². The highest BCUT2D eigenvalue weighted by Gasteiger charge is 2.20. The maximum atomic E-state index is 12.1. The molecule has 4 heteroatoms. The lowest BCUT2D eigenvalue weighted by molar-refractivity contribution is -0.125. The van der Waals surface area contributed by atoms with Gasteiger partial charge in [-0.25, -0.2) is 0 Å². The molecular formula is C16H24N2O2. The van der Waals surface area contributed by atoms with E-state index in [-0.39, 0.29) is 11.8 Å². The van der Waals surface area contributed by atoms with E-state index in [4.69, 9.17) is 4.74 Å². The standard InChI is InChI=1S/C16H24N2O2/c1-11-8-15(20-3)12(2)7-14(11)10-18-16(19)13-5-4-6-17-9-13/h7-8,13,17H,4-6,9-10H2,1-3H3,(H,18,19). The predicted molar refractivity (Wildman–Crippen MR) is 79.9 cm³/mol. The highest BCUT2D eigenvalue weighted by Crippen LogP contribution is 2.22. The van der Waals surface area contributed by atoms with Gasteiger partial charge in [-0.1, -0.05) is 6.07 Å². The van der Waals surface area contributed by atoms with Crippen molar-refractivity contribution in [3.8, 4) is 5.75 Å². The molecule has 1 atom stereocenters. The summed E-state index contributed by atoms with van der Waals surface area (Å²) in [6.07, 6.45) is 2.07. The lowest BCUT2D eigenvalue weighted by atomic mass is 9.98. The Labute approximate surface area is 120 Å². The number of hydrogen-bond donors (Lipinski definition) is 2. The number of carbonyl (C=O) groups excluding carboxylic acids is 1. The molecule has 0 radical (unpaired) electrons. The predicted octanol–water partition coefficient (Wildman–Crippen LogP) is 1.93. The molecular weight excluding hydrogens is 252 g/mol. The van der Waals surface area contributed by atoms with Crippen LogP contribution in [0.2, 0.25) is 0 Å². The second-order valence-corrected chi connectivity index (χ2v) is 5.51. The monoisotopic (exact) mass is 276 g/mol. The molecule has 1 unspecified atom stereocenters. The Hall–Kier alpha value is -1.55. The number of piperidine rings is 1. The molecule has 1 aromatic rings. The SMILES string of the molecule is COc1cc(C)c(CNC(=O)C2CCCNC2)cc1C. The van der Waals surface area contributed by atoms with Crippen LogP contribution in [0.1, 0.15) is 29.5 Å². The van der Waals surface area contributed by atoms with Crippen molar-refractivity contribution >= 4 is 5.91 Å². The molecule has 1 aliphatic heterocycles. The molecule has 0 bridgehead atoms. The molecule has 0 aromatic heterocycles. The Morgan fingerprint density at radius 1 is 1.40 bits per heavy atom. The van der Waals surface area contributed by atoms with E-state index in [2.05, 4.69) is 16.7 Å². The van der Waals surface area contributed by atoms with Crippen molar-refractivity contribution in [1.82, 2.24) is 10.6 Å². The third-order valence-electron chi connectivity index (χ3n) is 3.97. The van der Waals surface area contributed by atoms with E-state index in [0.717, 1.165) is 48.4 Å². The summed E-state index contributed by atoms with van der Waals surface area (Å²) in [4.78, 5) is 12.1. The van der Waals surface area contributed by atoms with Crippen LogP contribution in [0.15, 0.2) is 12.1 Å². The van der Waals surface area contributed by atoms with Gasteiger partial charge in [0.15, 0.2) is 0 Å². The number of carbonyl (C=O) groups is 1. The maximum Gasteiger partial charge on any atom is 0.224 e. The van der Waals surface area contributed by atoms with Gasteiger partial charge in [0.2, 0.25) is 5.91 Å². The molecule has 0 aliphatic carbocycles. The molecule has 2 N–H and O–H groups in total. The molecule has 0 saturated carbocycles. The second-order valence-electron chi connectivity index (χ2n) is 5.51. The lowest BCUT2D eigenvalue weighted by Crippen LogP contribution is -2.40. The third-order valence-corrected chi connectivity index (χ3v) is 3.97. The van der Waals surface area contributed by atoms with Crippen molar-refractivity contribution in [2.45, 2.75) is 33.2 Å². The van der Waals surface area contributed by atoms with Gasteiger partial charge in [-0.15, -0.1) is 0 Å². The van der Waals surface area contributed by atoms with Gasteiger partial charge in [-0.3, -0.25) is 4.79 Å². The average molecular weight is 276 g/mol. The Morgan fingerprint density at radius 3 is 2.85 bits per heavy atom. The molecule has 1 aromatic carbocycles. The van der Waals surface area contributed by atoms with E-state index >= 15 is 0 Å². The van der Waals surface area contributed by atoms with Crippen LogP contribution in [0.4, 0.5) is 0 Å². The van der Waals surface area contributed by atoms with E-state index < -0.39 is 0 Å². The zero-order chi connectivity index (χ0) is 14.5. The van der Waals surface area contributed by atoms with Crippen LogP contribution in [0.25, 0.3) is 0 Å². The molecule has 1 saturated heterocycles. The fourth-order valence-electron chi connectivity index (χ4n) is 2.66. The highest BCUT2D eigenvalue weighted by molar-refractivity contribution is 5.79. The van der Waals surface area contributed by atoms with Gasteiger partial charge in [-0.05, 0) is 56.0 Å². The van der Waals surface area contributed by atoms with Crippen LogP contribution >= 0.6 is 0 Å². The van der Waals surface area contributed by atoms with Crippen LogP contribution in [0, 0.1) is 19.8 Å². The second kappa shape index (κ2) is 6.75. The van der Waals surface area contributed by atoms with Crippen molar-refractivity contribution in [3.63, 3.8) is 0 Å². The Balaban J connectivity index is 1.96. The first-order valence-corrected chi connectivity index (χ1v) is 7.24. The lowest BCUT2D eigenvalue weighted by Gasteiger charge is -2.22. The molecule has 0 spiro atoms. The summed E-state index contributed by atoms with van der Waals surface area (Å²) >= 11 is 0. The quantitative estimate of drug-likeness (QED) is 0.883. The molecule has 2 rings (SSSR count). The zero-order valence-corrected chi connectivity index (χ0v) is 12.6. The normalized spacial score (nSPS) is 18.6. The van der Waals surface area contributed by atoms with Gasteiger partial charge < -0.3 is 15.4 Å². The number of ether oxygens (including phenoxy) is 1. The topological polar surface area (TPSA) is 50.4 Å². The van der Waals surface area contributed by atoms with Crippen LogP contribution in [0.5, 0.6) is 5.75 Å². The fourth-order valence-corrected chi connectivity index (χ4v) is 2.66. The largest absolute Gasteiger partial charge is 0.496 e. The smallest absolute Gasteiger partial charge is 0.224 e. The Kier molecular flexibility index (Phi) is 5.01. The summed E-state index contributed by atoms with van der Waals surface area (Å²) in [6, 6.07) is 4.12. The van der Waals surface area contributed by atoms with Gasteiger partial charge in [0, 0.05) is 13.1 Å². The summed E-state index contributed by atoms with van der Waals surface area (Å²) in [5, 5.41) is 6.33. The third kappa shape index (κ3) is 3.51. The maximum absolute atomic E-state index is 12.1. The highest BCUT2D eigenvalue weighted by atomic mass is 16.5. The number of benzene rings is 1. The van der Waals surface area contributed by atoms with Crippen molar-refractivity contribution < 1.29 is 9.53 Å². The molecule has 1 aliphatic rings. The van der Waals surface area contributed by atoms with Crippen molar-refractivity contribution in [1.29, 1.82) is 0 Å². The minimum absolute atomic E-state index is 0.114. The van der Waals surface area contributed by atoms with Gasteiger partial charge >= 0.3 is 0 Å². The number of hydrogen-bond acceptors (Lipinski definition) is 3. The van der Waals surface area contributed by atoms with Crippen LogP contribution < -0.4 is 15.4 Å². The van der Waals surface area contributed by atoms with Crippen LogP contribution in [-0.2, 0) is 11.3 Å². The summed E-state index contributed by atoms with van der Waals surface area (Å²) in [5.41, 5.74) is 3.40. The number of amides is 1. The van der Waals surface area contributed by atoms with E-state index in [9.17, 15) is 4.79 Å². The van der Waals surface area contributed by atoms with E-state index in [1.165, 1.54) is 0 Å². The number of nitrogens with one attached hydrogen (secondary N) is 2. The average Bonchev–Trinajstić information content (AvgIpc) is 2.48. The molecule has 1 fully saturated rings. The van der Waals surface area contributed by atoms with Crippen molar-refractivity contribution in [2.75, 3.05) is 20.2 Å². The zero-order valence-electron chi connectivity index (χ0n) is 12.6. The molecule has 20 heavy (non-hydrogen) atoms. The molecule has 1 amide bonds. The summed E-state index contributed by atoms with van der Waals surface area (Å²) in [7, 11) is 1.68. The fraction of sp³-hybridized carbons (Fsp3) is 0.562. The van der Waals surface area contributed by atoms with E-state index in [0.29, 0.717) is 6.54 Å². The van der Waals surface area contributed by atoms with Gasteiger partial charge in [-0.2, -0.15) is 0 Å². The Bertz CT molecular complexity index is 480. The molecule has 4 nitrogen and oxygen atoms in total. The van der Waals surface area contributed by atoms with Crippen LogP contribution in [-0.4, -0.2) is 26.1 Å². The van der Waals surface area contributed by atoms with Crippen molar-refractivity contribution in [2.24, 2.45) is 5.92 Å². The van der Waals surface area contributed by atoms with Crippen LogP contribution in [0.3, 0.4) is 0 Å². The summed E-state index contributed by atoms with van der Waals surface area (Å²) in [6.45, 7) is 6.49. The molecule has 1 heterocycles. The Morgan fingerprint density at radius 2 is 2.20 bits per heavy atom. The van der Waals surface area contributed by atoms with Crippen molar-refractivity contribution in [3.05, 3.63) is 28.8 Å². The minimum Gasteiger partial charge on any atom is -0.496 e. The van der Waals surface area contributed by atoms with Gasteiger partial charge in [0.25, 0.3) is 0 Å². The summed E-state index contributed by atoms with van der Waals surface area (Å²) in [5.74, 6) is 1.17. The first-order valence-electron chi connectivity index (χ1n) is 7.24. The first kappa shape index (κ1) is 14.9. The number of rotatable bonds is 4. The van der Waals surface area contributed by atoms with Gasteiger partial charge in [0.05, 0.1) is 13.0 Å². The van der Waals surface area contributed by atoms with E-state index in [1.807, 2.05) is 19.9 Å². The minimum atomic E-state index is 0.114. The molecule has 110 valence electrons. The number of methoxy groups -OCH3 is 1.